The Balaban J connectivity index is 1.93. The molecule has 0 bridgehead atoms. The summed E-state index contributed by atoms with van der Waals surface area (Å²) in [6.45, 7) is 1.77. The number of hydrogen-bond acceptors (Lipinski definition) is 6. The average Bonchev–Trinajstić information content (AvgIpc) is 2.61. The Hall–Kier alpha value is -3.09. The normalized spacial score (nSPS) is 10.8. The molecule has 25 heavy (non-hydrogen) atoms. The molecule has 0 saturated heterocycles. The summed E-state index contributed by atoms with van der Waals surface area (Å²) in [6.07, 6.45) is 0.248. The maximum Gasteiger partial charge on any atom is 0.221 e. The number of pyridine rings is 1. The van der Waals surface area contributed by atoms with Gasteiger partial charge in [-0.2, -0.15) is 0 Å². The Morgan fingerprint density at radius 1 is 1.20 bits per heavy atom. The summed E-state index contributed by atoms with van der Waals surface area (Å²) in [5.74, 6) is -0.186. The molecule has 0 aliphatic carbocycles. The molecule has 6 nitrogen and oxygen atoms in total. The number of anilines is 1. The molecule has 0 amide bonds. The lowest BCUT2D eigenvalue weighted by Crippen LogP contribution is -2.10. The second-order valence-corrected chi connectivity index (χ2v) is 5.59. The number of para-hydroxylation sites is 1. The molecule has 128 valence electrons. The van der Waals surface area contributed by atoms with E-state index in [2.05, 4.69) is 15.0 Å². The van der Waals surface area contributed by atoms with E-state index in [1.54, 1.807) is 31.2 Å². The first-order valence-corrected chi connectivity index (χ1v) is 7.75. The molecule has 2 aromatic heterocycles. The molecule has 0 spiro atoms. The fourth-order valence-corrected chi connectivity index (χ4v) is 2.64. The Labute approximate surface area is 143 Å². The number of ketones is 1. The molecule has 1 aromatic carbocycles. The van der Waals surface area contributed by atoms with Crippen molar-refractivity contribution >= 4 is 22.6 Å². The lowest BCUT2D eigenvalue weighted by molar-refractivity contribution is 0.0979. The lowest BCUT2D eigenvalue weighted by Gasteiger charge is -2.09. The Morgan fingerprint density at radius 3 is 2.76 bits per heavy atom. The molecule has 2 heterocycles. The number of ether oxygens (including phenoxy) is 1. The summed E-state index contributed by atoms with van der Waals surface area (Å²) in [5.41, 5.74) is 7.37. The third-order valence-electron chi connectivity index (χ3n) is 3.84. The summed E-state index contributed by atoms with van der Waals surface area (Å²) in [5, 5.41) is 0.552. The standard InChI is InChI=1S/C18H17FN4O2/c1-10-6-7-12(19)13(21-10)8-9-14(24)16-11-4-3-5-15(25-2)17(11)23-18(20)22-16/h3-7H,8-9H2,1-2H3,(H2,20,22,23). The Morgan fingerprint density at radius 2 is 2.00 bits per heavy atom. The number of nitrogens with zero attached hydrogens (tertiary/aromatic N) is 3. The summed E-state index contributed by atoms with van der Waals surface area (Å²) in [6, 6.07) is 8.15. The van der Waals surface area contributed by atoms with Crippen LogP contribution in [-0.4, -0.2) is 27.8 Å². The molecule has 7 heteroatoms. The first-order valence-electron chi connectivity index (χ1n) is 7.75. The van der Waals surface area contributed by atoms with E-state index in [0.717, 1.165) is 0 Å². The van der Waals surface area contributed by atoms with Gasteiger partial charge in [0.25, 0.3) is 0 Å². The van der Waals surface area contributed by atoms with Crippen LogP contribution in [0.3, 0.4) is 0 Å². The van der Waals surface area contributed by atoms with E-state index >= 15 is 0 Å². The maximum absolute atomic E-state index is 13.8. The van der Waals surface area contributed by atoms with Gasteiger partial charge in [-0.25, -0.2) is 14.4 Å². The predicted molar refractivity (Wildman–Crippen MR) is 92.1 cm³/mol. The number of Topliss-reactive ketones (excluding diaryl/α,β-unsaturated/α-hetero) is 1. The number of aromatic nitrogens is 3. The Kier molecular flexibility index (Phi) is 4.56. The van der Waals surface area contributed by atoms with Crippen molar-refractivity contribution in [3.8, 4) is 5.75 Å². The van der Waals surface area contributed by atoms with Gasteiger partial charge in [0.15, 0.2) is 5.78 Å². The van der Waals surface area contributed by atoms with Crippen LogP contribution in [-0.2, 0) is 6.42 Å². The number of benzene rings is 1. The van der Waals surface area contributed by atoms with E-state index in [1.165, 1.54) is 13.2 Å². The number of aryl methyl sites for hydroxylation is 2. The minimum Gasteiger partial charge on any atom is -0.494 e. The number of methoxy groups -OCH3 is 1. The summed E-state index contributed by atoms with van der Waals surface area (Å²) < 4.78 is 19.1. The number of hydrogen-bond donors (Lipinski definition) is 1. The quantitative estimate of drug-likeness (QED) is 0.718. The molecule has 0 fully saturated rings. The van der Waals surface area contributed by atoms with Crippen LogP contribution in [0.1, 0.15) is 28.3 Å². The summed E-state index contributed by atoms with van der Waals surface area (Å²) in [4.78, 5) is 25.0. The van der Waals surface area contributed by atoms with Crippen LogP contribution in [0.25, 0.3) is 10.9 Å². The van der Waals surface area contributed by atoms with Gasteiger partial charge in [-0.3, -0.25) is 9.78 Å². The van der Waals surface area contributed by atoms with Gasteiger partial charge in [-0.05, 0) is 31.5 Å². The fraction of sp³-hybridized carbons (Fsp3) is 0.222. The van der Waals surface area contributed by atoms with E-state index in [0.29, 0.717) is 22.3 Å². The van der Waals surface area contributed by atoms with E-state index in [4.69, 9.17) is 10.5 Å². The van der Waals surface area contributed by atoms with Crippen molar-refractivity contribution in [2.75, 3.05) is 12.8 Å². The number of nitrogen functional groups attached to an aromatic ring is 1. The number of fused-ring (bicyclic) bond motifs is 1. The van der Waals surface area contributed by atoms with Crippen molar-refractivity contribution in [1.82, 2.24) is 15.0 Å². The molecule has 0 saturated carbocycles. The first-order chi connectivity index (χ1) is 12.0. The van der Waals surface area contributed by atoms with E-state index < -0.39 is 5.82 Å². The molecule has 2 N–H and O–H groups in total. The highest BCUT2D eigenvalue weighted by Crippen LogP contribution is 2.27. The first kappa shape index (κ1) is 16.8. The highest BCUT2D eigenvalue weighted by molar-refractivity contribution is 6.07. The van der Waals surface area contributed by atoms with Gasteiger partial charge in [0.1, 0.15) is 22.8 Å². The summed E-state index contributed by atoms with van der Waals surface area (Å²) in [7, 11) is 1.51. The van der Waals surface area contributed by atoms with E-state index in [9.17, 15) is 9.18 Å². The molecular weight excluding hydrogens is 323 g/mol. The number of carbonyl (C=O) groups is 1. The van der Waals surface area contributed by atoms with E-state index in [1.807, 2.05) is 0 Å². The number of rotatable bonds is 5. The zero-order valence-electron chi connectivity index (χ0n) is 13.9. The van der Waals surface area contributed by atoms with Gasteiger partial charge in [-0.1, -0.05) is 12.1 Å². The second kappa shape index (κ2) is 6.80. The monoisotopic (exact) mass is 340 g/mol. The SMILES string of the molecule is COc1cccc2c(C(=O)CCc3nc(C)ccc3F)nc(N)nc12. The molecule has 0 aliphatic rings. The average molecular weight is 340 g/mol. The van der Waals surface area contributed by atoms with Crippen molar-refractivity contribution in [3.05, 3.63) is 53.2 Å². The molecule has 0 unspecified atom stereocenters. The summed E-state index contributed by atoms with van der Waals surface area (Å²) >= 11 is 0. The molecule has 3 aromatic rings. The zero-order chi connectivity index (χ0) is 18.0. The van der Waals surface area contributed by atoms with Gasteiger partial charge in [0.05, 0.1) is 12.8 Å². The smallest absolute Gasteiger partial charge is 0.221 e. The van der Waals surface area contributed by atoms with Crippen molar-refractivity contribution in [1.29, 1.82) is 0 Å². The molecule has 0 radical (unpaired) electrons. The van der Waals surface area contributed by atoms with Crippen LogP contribution >= 0.6 is 0 Å². The van der Waals surface area contributed by atoms with Crippen LogP contribution in [0.15, 0.2) is 30.3 Å². The largest absolute Gasteiger partial charge is 0.494 e. The highest BCUT2D eigenvalue weighted by Gasteiger charge is 2.17. The molecule has 0 aliphatic heterocycles. The van der Waals surface area contributed by atoms with Gasteiger partial charge in [-0.15, -0.1) is 0 Å². The van der Waals surface area contributed by atoms with Crippen molar-refractivity contribution in [3.63, 3.8) is 0 Å². The van der Waals surface area contributed by atoms with E-state index in [-0.39, 0.29) is 36.0 Å². The highest BCUT2D eigenvalue weighted by atomic mass is 19.1. The zero-order valence-corrected chi connectivity index (χ0v) is 13.9. The van der Waals surface area contributed by atoms with Crippen LogP contribution in [0.5, 0.6) is 5.75 Å². The van der Waals surface area contributed by atoms with Crippen LogP contribution in [0.4, 0.5) is 10.3 Å². The van der Waals surface area contributed by atoms with Crippen LogP contribution in [0.2, 0.25) is 0 Å². The van der Waals surface area contributed by atoms with Gasteiger partial charge < -0.3 is 10.5 Å². The molecule has 0 atom stereocenters. The van der Waals surface area contributed by atoms with Crippen molar-refractivity contribution in [2.45, 2.75) is 19.8 Å². The van der Waals surface area contributed by atoms with Crippen LogP contribution in [0, 0.1) is 12.7 Å². The van der Waals surface area contributed by atoms with Gasteiger partial charge in [0.2, 0.25) is 5.95 Å². The topological polar surface area (TPSA) is 91.0 Å². The minimum absolute atomic E-state index is 0.0137. The number of halogens is 1. The molecule has 3 rings (SSSR count). The third kappa shape index (κ3) is 3.40. The van der Waals surface area contributed by atoms with Crippen molar-refractivity contribution in [2.24, 2.45) is 0 Å². The lowest BCUT2D eigenvalue weighted by atomic mass is 10.1. The van der Waals surface area contributed by atoms with Gasteiger partial charge in [0, 0.05) is 17.5 Å². The minimum atomic E-state index is -0.424. The number of nitrogens with two attached hydrogens (primary N) is 1. The van der Waals surface area contributed by atoms with Crippen LogP contribution < -0.4 is 10.5 Å². The van der Waals surface area contributed by atoms with Gasteiger partial charge >= 0.3 is 0 Å². The fourth-order valence-electron chi connectivity index (χ4n) is 2.64. The predicted octanol–water partition coefficient (Wildman–Crippen LogP) is 2.88. The second-order valence-electron chi connectivity index (χ2n) is 5.59. The molecular formula is C18H17FN4O2. The Bertz CT molecular complexity index is 959. The third-order valence-corrected chi connectivity index (χ3v) is 3.84. The maximum atomic E-state index is 13.8. The van der Waals surface area contributed by atoms with Crippen molar-refractivity contribution < 1.29 is 13.9 Å². The number of carbonyl (C=O) groups excluding carboxylic acids is 1.